The minimum Gasteiger partial charge on any atom is -0.372 e. The van der Waals surface area contributed by atoms with Gasteiger partial charge < -0.3 is 10.1 Å². The number of amides is 1. The maximum absolute atomic E-state index is 11.6. The van der Waals surface area contributed by atoms with Crippen LogP contribution in [0.1, 0.15) is 6.92 Å². The normalized spacial score (nSPS) is 12.6. The van der Waals surface area contributed by atoms with E-state index < -0.39 is 6.10 Å². The molecule has 0 aliphatic carbocycles. The van der Waals surface area contributed by atoms with Crippen LogP contribution in [0.2, 0.25) is 5.15 Å². The molecule has 1 N–H and O–H groups in total. The fraction of sp³-hybridized carbons (Fsp3) is 0.273. The van der Waals surface area contributed by atoms with E-state index in [2.05, 4.69) is 10.3 Å². The topological polar surface area (TPSA) is 55.6 Å². The van der Waals surface area contributed by atoms with Crippen LogP contribution >= 0.6 is 11.6 Å². The van der Waals surface area contributed by atoms with Crippen molar-refractivity contribution in [2.45, 2.75) is 13.0 Å². The van der Waals surface area contributed by atoms with Crippen molar-refractivity contribution in [1.82, 2.24) is 9.38 Å². The highest BCUT2D eigenvalue weighted by molar-refractivity contribution is 6.29. The first-order valence-electron chi connectivity index (χ1n) is 5.08. The number of rotatable bonds is 3. The summed E-state index contributed by atoms with van der Waals surface area (Å²) in [6.45, 7) is 1.68. The summed E-state index contributed by atoms with van der Waals surface area (Å²) in [5.74, 6) is -0.205. The lowest BCUT2D eigenvalue weighted by atomic mass is 10.3. The standard InChI is InChI=1S/C11H12ClN3O2/c1-7(17-2)11(16)14-8-3-4-10-13-5-9(12)15(10)6-8/h3-7H,1-2H3,(H,14,16)/t7-/m0/s1. The number of nitrogens with zero attached hydrogens (tertiary/aromatic N) is 2. The van der Waals surface area contributed by atoms with Gasteiger partial charge in [-0.05, 0) is 19.1 Å². The molecule has 0 aliphatic heterocycles. The molecule has 0 spiro atoms. The van der Waals surface area contributed by atoms with E-state index in [0.717, 1.165) is 5.65 Å². The summed E-state index contributed by atoms with van der Waals surface area (Å²) in [5, 5.41) is 3.23. The Bertz CT molecular complexity index is 553. The Kier molecular flexibility index (Phi) is 3.31. The number of carbonyl (C=O) groups is 1. The summed E-state index contributed by atoms with van der Waals surface area (Å²) in [7, 11) is 1.49. The number of anilines is 1. The second-order valence-electron chi connectivity index (χ2n) is 3.59. The van der Waals surface area contributed by atoms with Crippen molar-refractivity contribution in [3.8, 4) is 0 Å². The fourth-order valence-electron chi connectivity index (χ4n) is 1.38. The van der Waals surface area contributed by atoms with Crippen molar-refractivity contribution in [3.63, 3.8) is 0 Å². The lowest BCUT2D eigenvalue weighted by Gasteiger charge is -2.10. The molecule has 0 saturated heterocycles. The zero-order chi connectivity index (χ0) is 12.4. The average molecular weight is 254 g/mol. The third kappa shape index (κ3) is 2.40. The van der Waals surface area contributed by atoms with Crippen molar-refractivity contribution in [1.29, 1.82) is 0 Å². The summed E-state index contributed by atoms with van der Waals surface area (Å²) in [4.78, 5) is 15.7. The van der Waals surface area contributed by atoms with Crippen LogP contribution in [0, 0.1) is 0 Å². The Morgan fingerprint density at radius 1 is 1.59 bits per heavy atom. The Morgan fingerprint density at radius 3 is 3.06 bits per heavy atom. The molecule has 0 aromatic carbocycles. The molecule has 2 heterocycles. The first-order chi connectivity index (χ1) is 8.11. The van der Waals surface area contributed by atoms with E-state index in [9.17, 15) is 4.79 Å². The number of halogens is 1. The zero-order valence-electron chi connectivity index (χ0n) is 9.48. The van der Waals surface area contributed by atoms with Crippen LogP contribution in [0.5, 0.6) is 0 Å². The minimum atomic E-state index is -0.496. The van der Waals surface area contributed by atoms with Gasteiger partial charge in [0.15, 0.2) is 0 Å². The number of hydrogen-bond acceptors (Lipinski definition) is 3. The second-order valence-corrected chi connectivity index (χ2v) is 3.98. The van der Waals surface area contributed by atoms with E-state index in [1.54, 1.807) is 35.9 Å². The van der Waals surface area contributed by atoms with Gasteiger partial charge in [0.05, 0.1) is 11.9 Å². The van der Waals surface area contributed by atoms with Crippen LogP contribution < -0.4 is 5.32 Å². The Labute approximate surface area is 103 Å². The Hall–Kier alpha value is -1.59. The maximum atomic E-state index is 11.6. The molecule has 0 unspecified atom stereocenters. The highest BCUT2D eigenvalue weighted by atomic mass is 35.5. The zero-order valence-corrected chi connectivity index (χ0v) is 10.2. The van der Waals surface area contributed by atoms with Gasteiger partial charge in [-0.1, -0.05) is 11.6 Å². The predicted molar refractivity (Wildman–Crippen MR) is 65.3 cm³/mol. The first kappa shape index (κ1) is 11.9. The van der Waals surface area contributed by atoms with Crippen LogP contribution in [0.25, 0.3) is 5.65 Å². The van der Waals surface area contributed by atoms with Crippen LogP contribution in [0.3, 0.4) is 0 Å². The lowest BCUT2D eigenvalue weighted by Crippen LogP contribution is -2.26. The number of imidazole rings is 1. The van der Waals surface area contributed by atoms with E-state index in [1.165, 1.54) is 7.11 Å². The van der Waals surface area contributed by atoms with Crippen molar-refractivity contribution in [3.05, 3.63) is 29.7 Å². The molecule has 0 radical (unpaired) electrons. The Morgan fingerprint density at radius 2 is 2.35 bits per heavy atom. The second kappa shape index (κ2) is 4.73. The monoisotopic (exact) mass is 253 g/mol. The van der Waals surface area contributed by atoms with Gasteiger partial charge in [-0.3, -0.25) is 9.20 Å². The number of hydrogen-bond donors (Lipinski definition) is 1. The third-order valence-electron chi connectivity index (χ3n) is 2.45. The molecule has 17 heavy (non-hydrogen) atoms. The Balaban J connectivity index is 2.24. The summed E-state index contributed by atoms with van der Waals surface area (Å²) >= 11 is 5.93. The molecule has 0 bridgehead atoms. The van der Waals surface area contributed by atoms with Gasteiger partial charge >= 0.3 is 0 Å². The van der Waals surface area contributed by atoms with E-state index in [-0.39, 0.29) is 5.91 Å². The smallest absolute Gasteiger partial charge is 0.253 e. The highest BCUT2D eigenvalue weighted by Crippen LogP contribution is 2.16. The number of fused-ring (bicyclic) bond motifs is 1. The van der Waals surface area contributed by atoms with E-state index in [0.29, 0.717) is 10.8 Å². The summed E-state index contributed by atoms with van der Waals surface area (Å²) in [5.41, 5.74) is 1.37. The average Bonchev–Trinajstić information content (AvgIpc) is 2.70. The number of pyridine rings is 1. The van der Waals surface area contributed by atoms with Crippen LogP contribution in [-0.4, -0.2) is 28.5 Å². The molecule has 1 atom stereocenters. The van der Waals surface area contributed by atoms with Gasteiger partial charge in [-0.25, -0.2) is 4.98 Å². The van der Waals surface area contributed by atoms with E-state index >= 15 is 0 Å². The van der Waals surface area contributed by atoms with Gasteiger partial charge in [0.2, 0.25) is 0 Å². The van der Waals surface area contributed by atoms with E-state index in [1.807, 2.05) is 0 Å². The van der Waals surface area contributed by atoms with Crippen LogP contribution in [0.15, 0.2) is 24.5 Å². The molecule has 90 valence electrons. The van der Waals surface area contributed by atoms with Crippen molar-refractivity contribution in [2.75, 3.05) is 12.4 Å². The molecule has 2 rings (SSSR count). The molecule has 2 aromatic rings. The van der Waals surface area contributed by atoms with Crippen molar-refractivity contribution >= 4 is 28.8 Å². The summed E-state index contributed by atoms with van der Waals surface area (Å²) < 4.78 is 6.61. The largest absolute Gasteiger partial charge is 0.372 e. The molecule has 6 heteroatoms. The number of methoxy groups -OCH3 is 1. The lowest BCUT2D eigenvalue weighted by molar-refractivity contribution is -0.124. The number of carbonyl (C=O) groups excluding carboxylic acids is 1. The van der Waals surface area contributed by atoms with Crippen LogP contribution in [0.4, 0.5) is 5.69 Å². The molecular weight excluding hydrogens is 242 g/mol. The maximum Gasteiger partial charge on any atom is 0.253 e. The van der Waals surface area contributed by atoms with Gasteiger partial charge in [0.25, 0.3) is 5.91 Å². The molecule has 0 fully saturated rings. The van der Waals surface area contributed by atoms with Gasteiger partial charge in [0.1, 0.15) is 16.9 Å². The molecular formula is C11H12ClN3O2. The molecule has 2 aromatic heterocycles. The number of nitrogens with one attached hydrogen (secondary N) is 1. The molecule has 0 saturated carbocycles. The SMILES string of the molecule is CO[C@@H](C)C(=O)Nc1ccc2ncc(Cl)n2c1. The summed E-state index contributed by atoms with van der Waals surface area (Å²) in [6.07, 6.45) is 2.77. The van der Waals surface area contributed by atoms with Gasteiger partial charge in [0, 0.05) is 13.3 Å². The highest BCUT2D eigenvalue weighted by Gasteiger charge is 2.12. The van der Waals surface area contributed by atoms with E-state index in [4.69, 9.17) is 16.3 Å². The van der Waals surface area contributed by atoms with Crippen LogP contribution in [-0.2, 0) is 9.53 Å². The quantitative estimate of drug-likeness (QED) is 0.910. The third-order valence-corrected chi connectivity index (χ3v) is 2.73. The van der Waals surface area contributed by atoms with Gasteiger partial charge in [-0.15, -0.1) is 0 Å². The molecule has 5 nitrogen and oxygen atoms in total. The predicted octanol–water partition coefficient (Wildman–Crippen LogP) is 1.96. The van der Waals surface area contributed by atoms with Crippen molar-refractivity contribution in [2.24, 2.45) is 0 Å². The fourth-order valence-corrected chi connectivity index (χ4v) is 1.56. The minimum absolute atomic E-state index is 0.205. The first-order valence-corrected chi connectivity index (χ1v) is 5.46. The van der Waals surface area contributed by atoms with Crippen molar-refractivity contribution < 1.29 is 9.53 Å². The molecule has 0 aliphatic rings. The molecule has 1 amide bonds. The van der Waals surface area contributed by atoms with Gasteiger partial charge in [-0.2, -0.15) is 0 Å². The summed E-state index contributed by atoms with van der Waals surface area (Å²) in [6, 6.07) is 3.54. The number of ether oxygens (including phenoxy) is 1. The number of aromatic nitrogens is 2.